The molecule has 0 radical (unpaired) electrons. The Kier molecular flexibility index (Phi) is 14.0. The van der Waals surface area contributed by atoms with E-state index in [1.54, 1.807) is 34.6 Å². The third kappa shape index (κ3) is 11.8. The van der Waals surface area contributed by atoms with Crippen molar-refractivity contribution >= 4 is 40.2 Å². The molecule has 10 nitrogen and oxygen atoms in total. The molecule has 0 bridgehead atoms. The van der Waals surface area contributed by atoms with Gasteiger partial charge >= 0.3 is 5.97 Å². The van der Waals surface area contributed by atoms with Crippen LogP contribution in [0, 0.1) is 5.92 Å². The van der Waals surface area contributed by atoms with Crippen LogP contribution in [0.3, 0.4) is 0 Å². The zero-order valence-corrected chi connectivity index (χ0v) is 32.5. The maximum absolute atomic E-state index is 14.2. The quantitative estimate of drug-likeness (QED) is 0.103. The van der Waals surface area contributed by atoms with Gasteiger partial charge in [0.15, 0.2) is 5.78 Å². The second-order valence-corrected chi connectivity index (χ2v) is 15.7. The van der Waals surface area contributed by atoms with Crippen molar-refractivity contribution in [3.63, 3.8) is 0 Å². The van der Waals surface area contributed by atoms with Crippen LogP contribution >= 0.6 is 0 Å². The molecule has 55 heavy (non-hydrogen) atoms. The van der Waals surface area contributed by atoms with Crippen molar-refractivity contribution in [1.29, 1.82) is 0 Å². The first-order valence-electron chi connectivity index (χ1n) is 19.3. The maximum atomic E-state index is 14.2. The van der Waals surface area contributed by atoms with Gasteiger partial charge in [-0.2, -0.15) is 0 Å². The number of carbonyl (C=O) groups excluding carboxylic acids is 5. The molecule has 0 saturated carbocycles. The number of rotatable bonds is 15. The molecular weight excluding hydrogens is 693 g/mol. The largest absolute Gasteiger partial charge is 0.458 e. The van der Waals surface area contributed by atoms with Gasteiger partial charge < -0.3 is 20.7 Å². The molecule has 1 heterocycles. The number of hydrogen-bond acceptors (Lipinski definition) is 7. The highest BCUT2D eigenvalue weighted by Crippen LogP contribution is 2.21. The minimum atomic E-state index is -1.02. The smallest absolute Gasteiger partial charge is 0.329 e. The SMILES string of the molecule is CC(C)[C@H](NC(=O)[C@H](Cc1ccccc1)NC(=O)[C@@H]1CCCCN1CC(=O)c1ccc2ccccc2c1)C(=O)N[C@@H](Cc1ccccc1)C(=O)OC(C)(C)C. The summed E-state index contributed by atoms with van der Waals surface area (Å²) >= 11 is 0. The lowest BCUT2D eigenvalue weighted by atomic mass is 9.97. The Labute approximate surface area is 324 Å². The number of hydrogen-bond donors (Lipinski definition) is 3. The van der Waals surface area contributed by atoms with Gasteiger partial charge in [0.25, 0.3) is 0 Å². The Balaban J connectivity index is 1.32. The molecular formula is C45H54N4O6. The second kappa shape index (κ2) is 18.8. The van der Waals surface area contributed by atoms with Crippen LogP contribution in [0.25, 0.3) is 10.8 Å². The molecule has 1 saturated heterocycles. The predicted molar refractivity (Wildman–Crippen MR) is 214 cm³/mol. The first kappa shape index (κ1) is 40.8. The predicted octanol–water partition coefficient (Wildman–Crippen LogP) is 5.81. The van der Waals surface area contributed by atoms with E-state index in [0.29, 0.717) is 18.5 Å². The fraction of sp³-hybridized carbons (Fsp3) is 0.400. The summed E-state index contributed by atoms with van der Waals surface area (Å²) in [6.45, 7) is 9.55. The summed E-state index contributed by atoms with van der Waals surface area (Å²) in [6, 6.07) is 28.5. The highest BCUT2D eigenvalue weighted by Gasteiger charge is 2.36. The molecule has 4 atom stereocenters. The molecule has 1 aliphatic rings. The maximum Gasteiger partial charge on any atom is 0.329 e. The van der Waals surface area contributed by atoms with Crippen molar-refractivity contribution in [1.82, 2.24) is 20.9 Å². The number of nitrogens with one attached hydrogen (secondary N) is 3. The summed E-state index contributed by atoms with van der Waals surface area (Å²) in [4.78, 5) is 70.9. The zero-order valence-electron chi connectivity index (χ0n) is 32.5. The third-order valence-corrected chi connectivity index (χ3v) is 9.79. The molecule has 0 spiro atoms. The van der Waals surface area contributed by atoms with Gasteiger partial charge in [-0.1, -0.05) is 117 Å². The van der Waals surface area contributed by atoms with Crippen LogP contribution in [0.1, 0.15) is 75.4 Å². The van der Waals surface area contributed by atoms with Crippen LogP contribution in [-0.2, 0) is 36.8 Å². The Morgan fingerprint density at radius 2 is 1.31 bits per heavy atom. The van der Waals surface area contributed by atoms with E-state index in [9.17, 15) is 24.0 Å². The van der Waals surface area contributed by atoms with Crippen LogP contribution in [0.15, 0.2) is 103 Å². The summed E-state index contributed by atoms with van der Waals surface area (Å²) in [5.74, 6) is -2.43. The van der Waals surface area contributed by atoms with Crippen LogP contribution in [0.5, 0.6) is 0 Å². The number of likely N-dealkylation sites (tertiary alicyclic amines) is 1. The lowest BCUT2D eigenvalue weighted by Crippen LogP contribution is -2.60. The van der Waals surface area contributed by atoms with Crippen molar-refractivity contribution in [2.75, 3.05) is 13.1 Å². The van der Waals surface area contributed by atoms with Crippen molar-refractivity contribution in [2.45, 2.75) is 96.5 Å². The lowest BCUT2D eigenvalue weighted by molar-refractivity contribution is -0.158. The lowest BCUT2D eigenvalue weighted by Gasteiger charge is -2.35. The standard InChI is InChI=1S/C45H54N4O6/c1-30(2)40(43(53)47-37(44(54)55-45(3,4)5)27-32-18-10-7-11-19-32)48-41(51)36(26-31-16-8-6-9-17-31)46-42(52)38-22-14-15-25-49(38)29-39(50)35-24-23-33-20-12-13-21-34(33)28-35/h6-13,16-21,23-24,28,30,36-38,40H,14-15,22,25-27,29H2,1-5H3,(H,46,52)(H,47,53)(H,48,51)/t36-,37-,38-,40-/m0/s1. The third-order valence-electron chi connectivity index (χ3n) is 9.79. The molecule has 290 valence electrons. The molecule has 0 aliphatic carbocycles. The fourth-order valence-corrected chi connectivity index (χ4v) is 6.91. The molecule has 0 aromatic heterocycles. The van der Waals surface area contributed by atoms with E-state index < -0.39 is 47.6 Å². The summed E-state index contributed by atoms with van der Waals surface area (Å²) in [7, 11) is 0. The van der Waals surface area contributed by atoms with E-state index >= 15 is 0 Å². The fourth-order valence-electron chi connectivity index (χ4n) is 6.91. The minimum Gasteiger partial charge on any atom is -0.458 e. The first-order chi connectivity index (χ1) is 26.3. The average molecular weight is 747 g/mol. The van der Waals surface area contributed by atoms with Crippen LogP contribution in [0.2, 0.25) is 0 Å². The van der Waals surface area contributed by atoms with Gasteiger partial charge in [-0.3, -0.25) is 24.1 Å². The van der Waals surface area contributed by atoms with Gasteiger partial charge in [0.1, 0.15) is 23.7 Å². The van der Waals surface area contributed by atoms with E-state index in [4.69, 9.17) is 4.74 Å². The van der Waals surface area contributed by atoms with Gasteiger partial charge in [-0.25, -0.2) is 4.79 Å². The molecule has 1 aliphatic heterocycles. The van der Waals surface area contributed by atoms with Gasteiger partial charge in [-0.05, 0) is 74.0 Å². The summed E-state index contributed by atoms with van der Waals surface area (Å²) in [5, 5.41) is 10.8. The number of nitrogens with zero attached hydrogens (tertiary/aromatic N) is 1. The molecule has 4 aromatic carbocycles. The summed E-state index contributed by atoms with van der Waals surface area (Å²) in [6.07, 6.45) is 2.59. The molecule has 4 aromatic rings. The molecule has 0 unspecified atom stereocenters. The highest BCUT2D eigenvalue weighted by molar-refractivity contribution is 6.01. The van der Waals surface area contributed by atoms with Crippen LogP contribution in [-0.4, -0.2) is 77.2 Å². The first-order valence-corrected chi connectivity index (χ1v) is 19.3. The zero-order chi connectivity index (χ0) is 39.5. The van der Waals surface area contributed by atoms with Crippen molar-refractivity contribution in [3.8, 4) is 0 Å². The number of fused-ring (bicyclic) bond motifs is 1. The Bertz CT molecular complexity index is 1940. The van der Waals surface area contributed by atoms with Gasteiger partial charge in [0, 0.05) is 18.4 Å². The second-order valence-electron chi connectivity index (χ2n) is 15.7. The van der Waals surface area contributed by atoms with E-state index in [0.717, 1.165) is 34.7 Å². The van der Waals surface area contributed by atoms with Crippen LogP contribution < -0.4 is 16.0 Å². The van der Waals surface area contributed by atoms with E-state index in [1.807, 2.05) is 108 Å². The summed E-state index contributed by atoms with van der Waals surface area (Å²) < 4.78 is 5.66. The minimum absolute atomic E-state index is 0.0728. The Hall–Kier alpha value is -5.35. The number of piperidine rings is 1. The number of Topliss-reactive ketones (excluding diaryl/α,β-unsaturated/α-hetero) is 1. The number of amides is 3. The topological polar surface area (TPSA) is 134 Å². The molecule has 10 heteroatoms. The van der Waals surface area contributed by atoms with Crippen molar-refractivity contribution in [2.24, 2.45) is 5.92 Å². The van der Waals surface area contributed by atoms with Gasteiger partial charge in [0.2, 0.25) is 17.7 Å². The Morgan fingerprint density at radius 1 is 0.709 bits per heavy atom. The number of benzene rings is 4. The van der Waals surface area contributed by atoms with Gasteiger partial charge in [-0.15, -0.1) is 0 Å². The van der Waals surface area contributed by atoms with E-state index in [-0.39, 0.29) is 37.0 Å². The molecule has 1 fully saturated rings. The number of ether oxygens (including phenoxy) is 1. The summed E-state index contributed by atoms with van der Waals surface area (Å²) in [5.41, 5.74) is 1.47. The Morgan fingerprint density at radius 3 is 1.93 bits per heavy atom. The normalized spacial score (nSPS) is 16.4. The highest BCUT2D eigenvalue weighted by atomic mass is 16.6. The van der Waals surface area contributed by atoms with Crippen molar-refractivity contribution in [3.05, 3.63) is 120 Å². The van der Waals surface area contributed by atoms with Crippen molar-refractivity contribution < 1.29 is 28.7 Å². The molecule has 5 rings (SSSR count). The van der Waals surface area contributed by atoms with Crippen LogP contribution in [0.4, 0.5) is 0 Å². The van der Waals surface area contributed by atoms with Gasteiger partial charge in [0.05, 0.1) is 12.6 Å². The molecule has 3 amide bonds. The number of carbonyl (C=O) groups is 5. The monoisotopic (exact) mass is 746 g/mol. The average Bonchev–Trinajstić information content (AvgIpc) is 3.16. The molecule has 3 N–H and O–H groups in total. The van der Waals surface area contributed by atoms with E-state index in [2.05, 4.69) is 16.0 Å². The van der Waals surface area contributed by atoms with E-state index in [1.165, 1.54) is 0 Å². The number of ketones is 1. The number of esters is 1.